The number of hydrogen-bond donors (Lipinski definition) is 1. The molecule has 2 heterocycles. The van der Waals surface area contributed by atoms with E-state index in [9.17, 15) is 18.7 Å². The fourth-order valence-electron chi connectivity index (χ4n) is 5.88. The van der Waals surface area contributed by atoms with E-state index in [1.165, 1.54) is 18.0 Å². The summed E-state index contributed by atoms with van der Waals surface area (Å²) in [6.07, 6.45) is 0. The smallest absolute Gasteiger partial charge is 0.362 e. The van der Waals surface area contributed by atoms with Crippen LogP contribution in [0.4, 0.5) is 11.6 Å². The first-order valence-electron chi connectivity index (χ1n) is 17.0. The van der Waals surface area contributed by atoms with Crippen LogP contribution in [0.1, 0.15) is 31.1 Å². The van der Waals surface area contributed by atoms with Crippen LogP contribution in [0.2, 0.25) is 0 Å². The number of rotatable bonds is 15. The van der Waals surface area contributed by atoms with Crippen molar-refractivity contribution in [2.75, 3.05) is 65.2 Å². The van der Waals surface area contributed by atoms with Crippen molar-refractivity contribution in [3.8, 4) is 11.1 Å². The summed E-state index contributed by atoms with van der Waals surface area (Å²) in [5.41, 5.74) is 1.50. The predicted octanol–water partition coefficient (Wildman–Crippen LogP) is 7.30. The lowest BCUT2D eigenvalue weighted by atomic mass is 10.0. The van der Waals surface area contributed by atoms with Crippen LogP contribution in [0.5, 0.6) is 0 Å². The summed E-state index contributed by atoms with van der Waals surface area (Å²) in [6.45, 7) is 6.83. The van der Waals surface area contributed by atoms with Crippen molar-refractivity contribution >= 4 is 61.5 Å². The van der Waals surface area contributed by atoms with Gasteiger partial charge in [0.25, 0.3) is 0 Å². The van der Waals surface area contributed by atoms with E-state index < -0.39 is 27.1 Å². The third-order valence-electron chi connectivity index (χ3n) is 8.54. The minimum Gasteiger partial charge on any atom is -0.411 e. The molecule has 0 radical (unpaired) electrons. The zero-order valence-corrected chi connectivity index (χ0v) is 32.3. The van der Waals surface area contributed by atoms with Crippen LogP contribution in [0, 0.1) is 0 Å². The monoisotopic (exact) mass is 772 g/mol. The number of para-hydroxylation sites is 1. The molecule has 1 fully saturated rings. The van der Waals surface area contributed by atoms with E-state index in [1.807, 2.05) is 42.5 Å². The Hall–Kier alpha value is -3.71. The van der Waals surface area contributed by atoms with E-state index in [4.69, 9.17) is 39.7 Å². The molecule has 2 atom stereocenters. The van der Waals surface area contributed by atoms with E-state index in [0.29, 0.717) is 48.8 Å². The Balaban J connectivity index is 1.32. The second-order valence-corrected chi connectivity index (χ2v) is 16.3. The number of ether oxygens (including phenoxy) is 2. The van der Waals surface area contributed by atoms with Gasteiger partial charge in [-0.2, -0.15) is 0 Å². The van der Waals surface area contributed by atoms with Gasteiger partial charge < -0.3 is 37.7 Å². The summed E-state index contributed by atoms with van der Waals surface area (Å²) in [7, 11) is -5.35. The van der Waals surface area contributed by atoms with Gasteiger partial charge in [-0.3, -0.25) is 13.9 Å². The highest BCUT2D eigenvalue weighted by atomic mass is 32.1. The first-order valence-corrected chi connectivity index (χ1v) is 20.4. The van der Waals surface area contributed by atoms with Gasteiger partial charge in [0.2, 0.25) is 20.3 Å². The van der Waals surface area contributed by atoms with Gasteiger partial charge in [0, 0.05) is 18.3 Å². The molecule has 13 nitrogen and oxygen atoms in total. The number of nitrogens with zero attached hydrogens (tertiary/aromatic N) is 2. The topological polar surface area (TPSA) is 143 Å². The zero-order valence-electron chi connectivity index (χ0n) is 29.6. The zero-order chi connectivity index (χ0) is 37.3. The second-order valence-electron chi connectivity index (χ2n) is 11.9. The Morgan fingerprint density at radius 1 is 0.981 bits per heavy atom. The first kappa shape index (κ1) is 39.5. The lowest BCUT2D eigenvalue weighted by molar-refractivity contribution is -0.0242. The summed E-state index contributed by atoms with van der Waals surface area (Å²) in [5, 5.41) is 3.57. The Bertz CT molecular complexity index is 1980. The number of benzene rings is 3. The molecule has 1 saturated heterocycles. The summed E-state index contributed by atoms with van der Waals surface area (Å²) in [4.78, 5) is 28.1. The molecule has 1 aliphatic heterocycles. The third kappa shape index (κ3) is 8.90. The predicted molar refractivity (Wildman–Crippen MR) is 206 cm³/mol. The summed E-state index contributed by atoms with van der Waals surface area (Å²) in [5.74, 6) is -0.189. The van der Waals surface area contributed by atoms with Crippen molar-refractivity contribution in [1.82, 2.24) is 9.38 Å². The number of hydrogen-bond acceptors (Lipinski definition) is 11. The average Bonchev–Trinajstić information content (AvgIpc) is 3.15. The number of esters is 1. The van der Waals surface area contributed by atoms with Crippen LogP contribution in [-0.2, 0) is 32.2 Å². The SMILES string of the molecule is CCO[PH](=O)C(N(C)C(=S)Nc1ccc(C(=O)OC[N+]2(c3cc(=O)c4cccc(-c5ccccc5)c4o3)CCOCC2)cc1)P(=O)(OCC)OCC. The average molecular weight is 773 g/mol. The number of nitrogens with one attached hydrogen (secondary N) is 1. The Morgan fingerprint density at radius 2 is 1.65 bits per heavy atom. The van der Waals surface area contributed by atoms with Gasteiger partial charge in [-0.1, -0.05) is 42.5 Å². The maximum absolute atomic E-state index is 13.7. The molecule has 0 spiro atoms. The number of carbonyl (C=O) groups excluding carboxylic acids is 1. The molecule has 5 rings (SSSR count). The van der Waals surface area contributed by atoms with Gasteiger partial charge in [0.15, 0.2) is 16.1 Å². The third-order valence-corrected chi connectivity index (χ3v) is 14.1. The first-order chi connectivity index (χ1) is 25.1. The van der Waals surface area contributed by atoms with E-state index in [-0.39, 0.29) is 47.1 Å². The van der Waals surface area contributed by atoms with E-state index in [2.05, 4.69) is 5.32 Å². The molecule has 16 heteroatoms. The maximum Gasteiger partial charge on any atom is 0.362 e. The lowest BCUT2D eigenvalue weighted by Crippen LogP contribution is -2.58. The minimum absolute atomic E-state index is 0.0698. The molecule has 0 bridgehead atoms. The van der Waals surface area contributed by atoms with E-state index in [1.54, 1.807) is 51.1 Å². The Labute approximate surface area is 308 Å². The van der Waals surface area contributed by atoms with Crippen LogP contribution in [0.25, 0.3) is 22.1 Å². The van der Waals surface area contributed by atoms with Crippen molar-refractivity contribution in [2.24, 2.45) is 0 Å². The molecule has 52 heavy (non-hydrogen) atoms. The number of fused-ring (bicyclic) bond motifs is 1. The molecule has 2 unspecified atom stereocenters. The molecule has 1 aromatic heterocycles. The summed E-state index contributed by atoms with van der Waals surface area (Å²) < 4.78 is 61.2. The lowest BCUT2D eigenvalue weighted by Gasteiger charge is -2.37. The van der Waals surface area contributed by atoms with Crippen LogP contribution in [0.15, 0.2) is 88.1 Å². The van der Waals surface area contributed by atoms with Crippen molar-refractivity contribution in [2.45, 2.75) is 26.3 Å². The van der Waals surface area contributed by atoms with Gasteiger partial charge in [0.1, 0.15) is 13.1 Å². The standard InChI is InChI=1S/C36H43N3O10P2S/c1-5-46-50(42)36(51(43,47-6-2)48-7-3)38(4)35(52)37-28-18-16-27(17-19-28)34(41)45-25-39(20-22-44-23-21-39)32-24-31(40)30-15-11-14-29(33(30)49-32)26-12-9-8-10-13-26/h8-19,24,36,50H,5-7,20-23,25H2,1-4H3/p+1. The fourth-order valence-corrected chi connectivity index (χ4v) is 10.5. The molecule has 4 aromatic rings. The molecule has 3 aromatic carbocycles. The van der Waals surface area contributed by atoms with Crippen molar-refractivity contribution in [3.63, 3.8) is 0 Å². The highest BCUT2D eigenvalue weighted by Crippen LogP contribution is 2.62. The van der Waals surface area contributed by atoms with E-state index >= 15 is 0 Å². The number of quaternary nitrogens is 1. The number of thiocarbonyl (C=S) groups is 1. The van der Waals surface area contributed by atoms with Gasteiger partial charge in [-0.15, -0.1) is 0 Å². The highest BCUT2D eigenvalue weighted by Gasteiger charge is 2.44. The van der Waals surface area contributed by atoms with Crippen molar-refractivity contribution in [3.05, 3.63) is 94.6 Å². The normalized spacial score (nSPS) is 15.5. The van der Waals surface area contributed by atoms with Crippen LogP contribution in [0.3, 0.4) is 0 Å². The summed E-state index contributed by atoms with van der Waals surface area (Å²) in [6, 6.07) is 23.1. The van der Waals surface area contributed by atoms with Crippen molar-refractivity contribution < 1.29 is 41.4 Å². The maximum atomic E-state index is 13.7. The quantitative estimate of drug-likeness (QED) is 0.0559. The molecule has 1 N–H and O–H groups in total. The van der Waals surface area contributed by atoms with Gasteiger partial charge in [-0.05, 0) is 68.9 Å². The minimum atomic E-state index is -3.92. The highest BCUT2D eigenvalue weighted by molar-refractivity contribution is 7.80. The molecule has 278 valence electrons. The number of anilines is 1. The summed E-state index contributed by atoms with van der Waals surface area (Å²) >= 11 is 5.58. The molecule has 0 amide bonds. The van der Waals surface area contributed by atoms with Crippen LogP contribution < -0.4 is 15.2 Å². The Morgan fingerprint density at radius 3 is 2.29 bits per heavy atom. The number of morpholine rings is 1. The fraction of sp³-hybridized carbons (Fsp3) is 0.361. The van der Waals surface area contributed by atoms with E-state index in [0.717, 1.165) is 11.1 Å². The van der Waals surface area contributed by atoms with Gasteiger partial charge in [0.05, 0.1) is 50.1 Å². The second kappa shape index (κ2) is 17.9. The molecular weight excluding hydrogens is 728 g/mol. The van der Waals surface area contributed by atoms with Gasteiger partial charge in [-0.25, -0.2) is 9.28 Å². The molecule has 0 aliphatic carbocycles. The van der Waals surface area contributed by atoms with Crippen LogP contribution >= 0.6 is 27.8 Å². The van der Waals surface area contributed by atoms with Gasteiger partial charge >= 0.3 is 19.4 Å². The number of carbonyl (C=O) groups is 1. The Kier molecular flexibility index (Phi) is 13.6. The largest absolute Gasteiger partial charge is 0.411 e. The van der Waals surface area contributed by atoms with Crippen LogP contribution in [-0.4, -0.2) is 81.4 Å². The molecule has 1 aliphatic rings. The molecular formula is C36H44N3O10P2S+. The molecule has 0 saturated carbocycles. The van der Waals surface area contributed by atoms with Crippen molar-refractivity contribution in [1.29, 1.82) is 0 Å².